The molecule has 0 bridgehead atoms. The minimum absolute atomic E-state index is 0.0153. The molecule has 1 aliphatic rings. The third-order valence-electron chi connectivity index (χ3n) is 2.26. The average molecular weight is 224 g/mol. The molecule has 78 valence electrons. The number of carbonyl (C=O) groups is 1. The van der Waals surface area contributed by atoms with Gasteiger partial charge in [-0.2, -0.15) is 0 Å². The zero-order valence-corrected chi connectivity index (χ0v) is 8.99. The van der Waals surface area contributed by atoms with Crippen molar-refractivity contribution in [3.8, 4) is 0 Å². The molecule has 0 fully saturated rings. The summed E-state index contributed by atoms with van der Waals surface area (Å²) in [4.78, 5) is 12.1. The molecular formula is C11H9FO2S. The Hall–Kier alpha value is -1.29. The molecule has 0 radical (unpaired) electrons. The van der Waals surface area contributed by atoms with Gasteiger partial charge in [0, 0.05) is 10.6 Å². The quantitative estimate of drug-likeness (QED) is 0.686. The molecule has 1 aromatic rings. The lowest BCUT2D eigenvalue weighted by Gasteiger charge is -2.04. The lowest BCUT2D eigenvalue weighted by atomic mass is 10.1. The van der Waals surface area contributed by atoms with E-state index in [1.807, 2.05) is 0 Å². The number of methoxy groups -OCH3 is 1. The van der Waals surface area contributed by atoms with Gasteiger partial charge >= 0.3 is 5.97 Å². The van der Waals surface area contributed by atoms with Crippen LogP contribution in [0.15, 0.2) is 23.6 Å². The maximum atomic E-state index is 13.5. The lowest BCUT2D eigenvalue weighted by Crippen LogP contribution is -2.04. The maximum absolute atomic E-state index is 13.5. The molecule has 0 amide bonds. The minimum Gasteiger partial charge on any atom is -0.465 e. The Morgan fingerprint density at radius 1 is 1.60 bits per heavy atom. The first-order valence-electron chi connectivity index (χ1n) is 4.36. The monoisotopic (exact) mass is 224 g/mol. The predicted octanol–water partition coefficient (Wildman–Crippen LogP) is 2.73. The van der Waals surface area contributed by atoms with E-state index in [-0.39, 0.29) is 5.56 Å². The van der Waals surface area contributed by atoms with Crippen LogP contribution in [0.3, 0.4) is 0 Å². The van der Waals surface area contributed by atoms with Gasteiger partial charge in [-0.05, 0) is 23.3 Å². The van der Waals surface area contributed by atoms with E-state index < -0.39 is 11.8 Å². The van der Waals surface area contributed by atoms with Crippen LogP contribution in [0.4, 0.5) is 4.39 Å². The van der Waals surface area contributed by atoms with Gasteiger partial charge in [0.1, 0.15) is 5.82 Å². The van der Waals surface area contributed by atoms with E-state index in [2.05, 4.69) is 11.3 Å². The highest BCUT2D eigenvalue weighted by atomic mass is 32.2. The summed E-state index contributed by atoms with van der Waals surface area (Å²) in [7, 11) is 1.24. The Morgan fingerprint density at radius 3 is 3.00 bits per heavy atom. The van der Waals surface area contributed by atoms with Crippen LogP contribution < -0.4 is 0 Å². The summed E-state index contributed by atoms with van der Waals surface area (Å²) in [6, 6.07) is 2.88. The molecule has 2 rings (SSSR count). The highest BCUT2D eigenvalue weighted by molar-refractivity contribution is 8.00. The van der Waals surface area contributed by atoms with Crippen LogP contribution in [0.1, 0.15) is 15.9 Å². The second-order valence-electron chi connectivity index (χ2n) is 3.21. The minimum atomic E-state index is -0.645. The van der Waals surface area contributed by atoms with Gasteiger partial charge < -0.3 is 4.74 Å². The van der Waals surface area contributed by atoms with Crippen molar-refractivity contribution < 1.29 is 13.9 Å². The molecule has 2 nitrogen and oxygen atoms in total. The molecule has 1 aromatic carbocycles. The average Bonchev–Trinajstić information content (AvgIpc) is 2.58. The summed E-state index contributed by atoms with van der Waals surface area (Å²) in [5.41, 5.74) is 1.67. The molecule has 0 aromatic heterocycles. The van der Waals surface area contributed by atoms with Crippen LogP contribution in [0.2, 0.25) is 0 Å². The summed E-state index contributed by atoms with van der Waals surface area (Å²) in [6.07, 6.45) is 0. The van der Waals surface area contributed by atoms with Gasteiger partial charge in [-0.1, -0.05) is 6.58 Å². The van der Waals surface area contributed by atoms with Gasteiger partial charge in [-0.15, -0.1) is 11.8 Å². The topological polar surface area (TPSA) is 26.3 Å². The molecule has 0 spiro atoms. The number of rotatable bonds is 1. The van der Waals surface area contributed by atoms with E-state index in [0.717, 1.165) is 21.8 Å². The van der Waals surface area contributed by atoms with Crippen molar-refractivity contribution in [2.45, 2.75) is 4.90 Å². The normalized spacial score (nSPS) is 13.9. The molecule has 15 heavy (non-hydrogen) atoms. The van der Waals surface area contributed by atoms with Gasteiger partial charge in [-0.25, -0.2) is 9.18 Å². The fourth-order valence-electron chi connectivity index (χ4n) is 1.46. The summed E-state index contributed by atoms with van der Waals surface area (Å²) in [5.74, 6) is -0.447. The molecule has 4 heteroatoms. The Labute approximate surface area is 91.1 Å². The van der Waals surface area contributed by atoms with E-state index in [1.54, 1.807) is 11.8 Å². The number of thioether (sulfide) groups is 1. The first kappa shape index (κ1) is 10.2. The first-order valence-corrected chi connectivity index (χ1v) is 5.35. The standard InChI is InChI=1S/C11H9FO2S/c1-6-5-15-10-4-8(11(13)14-2)9(12)3-7(6)10/h3-4H,1,5H2,2H3. The largest absolute Gasteiger partial charge is 0.465 e. The van der Waals surface area contributed by atoms with Crippen molar-refractivity contribution >= 4 is 23.3 Å². The zero-order valence-electron chi connectivity index (χ0n) is 8.17. The third-order valence-corrected chi connectivity index (χ3v) is 3.40. The van der Waals surface area contributed by atoms with Crippen molar-refractivity contribution in [3.63, 3.8) is 0 Å². The molecular weight excluding hydrogens is 215 g/mol. The van der Waals surface area contributed by atoms with Gasteiger partial charge in [-0.3, -0.25) is 0 Å². The van der Waals surface area contributed by atoms with Gasteiger partial charge in [0.15, 0.2) is 0 Å². The van der Waals surface area contributed by atoms with Crippen molar-refractivity contribution in [1.29, 1.82) is 0 Å². The number of fused-ring (bicyclic) bond motifs is 1. The highest BCUT2D eigenvalue weighted by Crippen LogP contribution is 2.39. The Morgan fingerprint density at radius 2 is 2.33 bits per heavy atom. The number of carbonyl (C=O) groups excluding carboxylic acids is 1. The van der Waals surface area contributed by atoms with Crippen LogP contribution in [0.5, 0.6) is 0 Å². The van der Waals surface area contributed by atoms with Gasteiger partial charge in [0.25, 0.3) is 0 Å². The maximum Gasteiger partial charge on any atom is 0.340 e. The second kappa shape index (κ2) is 3.70. The molecule has 0 saturated carbocycles. The second-order valence-corrected chi connectivity index (χ2v) is 4.23. The molecule has 1 heterocycles. The summed E-state index contributed by atoms with van der Waals surface area (Å²) in [6.45, 7) is 3.83. The van der Waals surface area contributed by atoms with Crippen LogP contribution in [0.25, 0.3) is 5.57 Å². The van der Waals surface area contributed by atoms with E-state index in [9.17, 15) is 9.18 Å². The smallest absolute Gasteiger partial charge is 0.340 e. The van der Waals surface area contributed by atoms with E-state index in [4.69, 9.17) is 0 Å². The van der Waals surface area contributed by atoms with E-state index >= 15 is 0 Å². The van der Waals surface area contributed by atoms with Crippen molar-refractivity contribution in [1.82, 2.24) is 0 Å². The number of hydrogen-bond donors (Lipinski definition) is 0. The van der Waals surface area contributed by atoms with Crippen molar-refractivity contribution in [3.05, 3.63) is 35.7 Å². The molecule has 0 N–H and O–H groups in total. The number of esters is 1. The van der Waals surface area contributed by atoms with Crippen molar-refractivity contribution in [2.24, 2.45) is 0 Å². The van der Waals surface area contributed by atoms with Crippen LogP contribution in [-0.2, 0) is 4.74 Å². The Bertz CT molecular complexity index is 454. The van der Waals surface area contributed by atoms with E-state index in [1.165, 1.54) is 19.2 Å². The molecule has 0 unspecified atom stereocenters. The lowest BCUT2D eigenvalue weighted by molar-refractivity contribution is 0.0595. The molecule has 0 aliphatic carbocycles. The van der Waals surface area contributed by atoms with E-state index in [0.29, 0.717) is 0 Å². The highest BCUT2D eigenvalue weighted by Gasteiger charge is 2.21. The molecule has 0 atom stereocenters. The fourth-order valence-corrected chi connectivity index (χ4v) is 2.50. The Kier molecular flexibility index (Phi) is 2.52. The Balaban J connectivity index is 2.53. The number of benzene rings is 1. The van der Waals surface area contributed by atoms with Crippen LogP contribution in [-0.4, -0.2) is 18.8 Å². The molecule has 1 aliphatic heterocycles. The van der Waals surface area contributed by atoms with Gasteiger partial charge in [0.2, 0.25) is 0 Å². The van der Waals surface area contributed by atoms with Gasteiger partial charge in [0.05, 0.1) is 12.7 Å². The fraction of sp³-hybridized carbons (Fsp3) is 0.182. The third kappa shape index (κ3) is 1.65. The number of hydrogen-bond acceptors (Lipinski definition) is 3. The van der Waals surface area contributed by atoms with Crippen LogP contribution >= 0.6 is 11.8 Å². The van der Waals surface area contributed by atoms with Crippen LogP contribution in [0, 0.1) is 5.82 Å². The summed E-state index contributed by atoms with van der Waals surface area (Å²) >= 11 is 1.55. The zero-order chi connectivity index (χ0) is 11.0. The number of ether oxygens (including phenoxy) is 1. The SMILES string of the molecule is C=C1CSc2cc(C(=O)OC)c(F)cc21. The predicted molar refractivity (Wildman–Crippen MR) is 57.5 cm³/mol. The number of halogens is 1. The summed E-state index contributed by atoms with van der Waals surface area (Å²) < 4.78 is 18.0. The first-order chi connectivity index (χ1) is 7.13. The van der Waals surface area contributed by atoms with Crippen molar-refractivity contribution in [2.75, 3.05) is 12.9 Å². The summed E-state index contributed by atoms with van der Waals surface area (Å²) in [5, 5.41) is 0. The molecule has 0 saturated heterocycles.